The Labute approximate surface area is 116 Å². The maximum atomic E-state index is 11.6. The van der Waals surface area contributed by atoms with Crippen molar-refractivity contribution >= 4 is 9.84 Å². The Morgan fingerprint density at radius 2 is 2.05 bits per heavy atom. The van der Waals surface area contributed by atoms with Gasteiger partial charge in [-0.15, -0.1) is 0 Å². The van der Waals surface area contributed by atoms with Crippen molar-refractivity contribution in [2.45, 2.75) is 46.2 Å². The normalized spacial score (nSPS) is 13.6. The van der Waals surface area contributed by atoms with Gasteiger partial charge in [-0.1, -0.05) is 20.8 Å². The van der Waals surface area contributed by atoms with Crippen LogP contribution in [0.15, 0.2) is 12.4 Å². The van der Waals surface area contributed by atoms with Crippen LogP contribution in [-0.2, 0) is 16.4 Å². The summed E-state index contributed by atoms with van der Waals surface area (Å²) < 4.78 is 25.0. The number of sulfone groups is 1. The molecule has 19 heavy (non-hydrogen) atoms. The minimum absolute atomic E-state index is 0.167. The summed E-state index contributed by atoms with van der Waals surface area (Å²) in [5.41, 5.74) is 1.12. The van der Waals surface area contributed by atoms with Gasteiger partial charge in [-0.2, -0.15) is 5.10 Å². The lowest BCUT2D eigenvalue weighted by Gasteiger charge is -2.13. The molecule has 1 aromatic rings. The minimum atomic E-state index is -2.93. The molecule has 110 valence electrons. The van der Waals surface area contributed by atoms with Crippen molar-refractivity contribution in [1.82, 2.24) is 15.1 Å². The SMILES string of the molecule is CCCS(=O)(=O)CCn1cc(C(CC)NCC)cn1. The van der Waals surface area contributed by atoms with Gasteiger partial charge in [-0.25, -0.2) is 8.42 Å². The monoisotopic (exact) mass is 287 g/mol. The van der Waals surface area contributed by atoms with Gasteiger partial charge in [-0.05, 0) is 19.4 Å². The second-order valence-electron chi connectivity index (χ2n) is 4.71. The number of hydrogen-bond acceptors (Lipinski definition) is 4. The minimum Gasteiger partial charge on any atom is -0.310 e. The predicted octanol–water partition coefficient (Wildman–Crippen LogP) is 1.77. The van der Waals surface area contributed by atoms with E-state index in [0.29, 0.717) is 19.0 Å². The summed E-state index contributed by atoms with van der Waals surface area (Å²) in [6.45, 7) is 7.42. The van der Waals surface area contributed by atoms with Crippen LogP contribution in [0.2, 0.25) is 0 Å². The van der Waals surface area contributed by atoms with Crippen molar-refractivity contribution in [2.75, 3.05) is 18.1 Å². The summed E-state index contributed by atoms with van der Waals surface area (Å²) in [7, 11) is -2.93. The average molecular weight is 287 g/mol. The fraction of sp³-hybridized carbons (Fsp3) is 0.769. The van der Waals surface area contributed by atoms with E-state index in [-0.39, 0.29) is 11.5 Å². The van der Waals surface area contributed by atoms with Crippen molar-refractivity contribution in [2.24, 2.45) is 0 Å². The fourth-order valence-electron chi connectivity index (χ4n) is 2.07. The second kappa shape index (κ2) is 7.65. The Kier molecular flexibility index (Phi) is 6.51. The molecule has 6 heteroatoms. The number of aryl methyl sites for hydroxylation is 1. The smallest absolute Gasteiger partial charge is 0.152 e. The molecule has 1 heterocycles. The zero-order valence-electron chi connectivity index (χ0n) is 12.1. The van der Waals surface area contributed by atoms with Gasteiger partial charge < -0.3 is 5.32 Å². The van der Waals surface area contributed by atoms with E-state index in [9.17, 15) is 8.42 Å². The van der Waals surface area contributed by atoms with Crippen molar-refractivity contribution in [1.29, 1.82) is 0 Å². The number of nitrogens with one attached hydrogen (secondary N) is 1. The summed E-state index contributed by atoms with van der Waals surface area (Å²) in [4.78, 5) is 0. The molecule has 0 saturated carbocycles. The largest absolute Gasteiger partial charge is 0.310 e. The van der Waals surface area contributed by atoms with Gasteiger partial charge in [0.15, 0.2) is 9.84 Å². The third kappa shape index (κ3) is 5.32. The summed E-state index contributed by atoms with van der Waals surface area (Å²) in [5.74, 6) is 0.427. The predicted molar refractivity (Wildman–Crippen MR) is 77.9 cm³/mol. The van der Waals surface area contributed by atoms with Crippen LogP contribution < -0.4 is 5.32 Å². The number of hydrogen-bond donors (Lipinski definition) is 1. The summed E-state index contributed by atoms with van der Waals surface area (Å²) in [6.07, 6.45) is 5.43. The topological polar surface area (TPSA) is 64.0 Å². The molecular formula is C13H25N3O2S. The highest BCUT2D eigenvalue weighted by molar-refractivity contribution is 7.91. The van der Waals surface area contributed by atoms with Gasteiger partial charge >= 0.3 is 0 Å². The molecule has 0 fully saturated rings. The molecule has 1 rings (SSSR count). The Balaban J connectivity index is 2.60. The number of nitrogens with zero attached hydrogens (tertiary/aromatic N) is 2. The summed E-state index contributed by atoms with van der Waals surface area (Å²) in [6, 6.07) is 0.297. The van der Waals surface area contributed by atoms with Crippen LogP contribution in [0.5, 0.6) is 0 Å². The van der Waals surface area contributed by atoms with E-state index in [1.54, 1.807) is 4.68 Å². The quantitative estimate of drug-likeness (QED) is 0.752. The maximum Gasteiger partial charge on any atom is 0.152 e. The van der Waals surface area contributed by atoms with E-state index < -0.39 is 9.84 Å². The van der Waals surface area contributed by atoms with Gasteiger partial charge in [0.1, 0.15) is 0 Å². The van der Waals surface area contributed by atoms with E-state index >= 15 is 0 Å². The molecule has 0 radical (unpaired) electrons. The van der Waals surface area contributed by atoms with Crippen molar-refractivity contribution in [3.05, 3.63) is 18.0 Å². The molecule has 1 atom stereocenters. The standard InChI is InChI=1S/C13H25N3O2S/c1-4-8-19(17,18)9-7-16-11-12(10-15-16)13(5-2)14-6-3/h10-11,13-14H,4-9H2,1-3H3. The van der Waals surface area contributed by atoms with Crippen LogP contribution in [0.3, 0.4) is 0 Å². The molecule has 1 aromatic heterocycles. The number of rotatable bonds is 9. The second-order valence-corrected chi connectivity index (χ2v) is 7.01. The molecule has 0 amide bonds. The first-order chi connectivity index (χ1) is 9.02. The van der Waals surface area contributed by atoms with Crippen LogP contribution in [-0.4, -0.2) is 36.2 Å². The van der Waals surface area contributed by atoms with Crippen LogP contribution >= 0.6 is 0 Å². The first-order valence-corrected chi connectivity index (χ1v) is 8.80. The van der Waals surface area contributed by atoms with Crippen LogP contribution in [0, 0.1) is 0 Å². The molecule has 5 nitrogen and oxygen atoms in total. The molecule has 0 aliphatic heterocycles. The van der Waals surface area contributed by atoms with Crippen molar-refractivity contribution < 1.29 is 8.42 Å². The lowest BCUT2D eigenvalue weighted by atomic mass is 10.1. The third-order valence-corrected chi connectivity index (χ3v) is 4.90. The molecule has 0 aliphatic carbocycles. The van der Waals surface area contributed by atoms with E-state index in [2.05, 4.69) is 24.3 Å². The van der Waals surface area contributed by atoms with Gasteiger partial charge in [0.05, 0.1) is 18.5 Å². The first-order valence-electron chi connectivity index (χ1n) is 6.98. The lowest BCUT2D eigenvalue weighted by Crippen LogP contribution is -2.19. The molecular weight excluding hydrogens is 262 g/mol. The van der Waals surface area contributed by atoms with E-state index in [4.69, 9.17) is 0 Å². The molecule has 0 aromatic carbocycles. The molecule has 0 saturated heterocycles. The molecule has 1 N–H and O–H groups in total. The lowest BCUT2D eigenvalue weighted by molar-refractivity contribution is 0.536. The first kappa shape index (κ1) is 16.2. The van der Waals surface area contributed by atoms with Crippen LogP contribution in [0.4, 0.5) is 0 Å². The molecule has 1 unspecified atom stereocenters. The zero-order valence-corrected chi connectivity index (χ0v) is 12.9. The molecule has 0 spiro atoms. The Bertz CT molecular complexity index is 468. The van der Waals surface area contributed by atoms with Crippen LogP contribution in [0.25, 0.3) is 0 Å². The average Bonchev–Trinajstić information content (AvgIpc) is 2.82. The highest BCUT2D eigenvalue weighted by Crippen LogP contribution is 2.15. The fourth-order valence-corrected chi connectivity index (χ4v) is 3.36. The highest BCUT2D eigenvalue weighted by Gasteiger charge is 2.12. The number of aromatic nitrogens is 2. The van der Waals surface area contributed by atoms with Crippen LogP contribution in [0.1, 0.15) is 45.2 Å². The van der Waals surface area contributed by atoms with Gasteiger partial charge in [0, 0.05) is 23.6 Å². The van der Waals surface area contributed by atoms with Crippen molar-refractivity contribution in [3.63, 3.8) is 0 Å². The summed E-state index contributed by atoms with van der Waals surface area (Å²) >= 11 is 0. The van der Waals surface area contributed by atoms with Gasteiger partial charge in [0.2, 0.25) is 0 Å². The third-order valence-electron chi connectivity index (χ3n) is 3.06. The zero-order chi connectivity index (χ0) is 14.3. The van der Waals surface area contributed by atoms with E-state index in [1.165, 1.54) is 0 Å². The highest BCUT2D eigenvalue weighted by atomic mass is 32.2. The molecule has 0 aliphatic rings. The van der Waals surface area contributed by atoms with Crippen molar-refractivity contribution in [3.8, 4) is 0 Å². The Morgan fingerprint density at radius 1 is 1.32 bits per heavy atom. The van der Waals surface area contributed by atoms with E-state index in [1.807, 2.05) is 19.3 Å². The molecule has 0 bridgehead atoms. The van der Waals surface area contributed by atoms with E-state index in [0.717, 1.165) is 18.5 Å². The summed E-state index contributed by atoms with van der Waals surface area (Å²) in [5, 5.41) is 7.63. The maximum absolute atomic E-state index is 11.6. The Hall–Kier alpha value is -0.880. The van der Waals surface area contributed by atoms with Gasteiger partial charge in [0.25, 0.3) is 0 Å². The Morgan fingerprint density at radius 3 is 2.63 bits per heavy atom. The van der Waals surface area contributed by atoms with Gasteiger partial charge in [-0.3, -0.25) is 4.68 Å².